The van der Waals surface area contributed by atoms with Crippen LogP contribution in [0.25, 0.3) is 0 Å². The molecule has 1 saturated carbocycles. The predicted octanol–water partition coefficient (Wildman–Crippen LogP) is 2.21. The van der Waals surface area contributed by atoms with Gasteiger partial charge < -0.3 is 10.0 Å². The van der Waals surface area contributed by atoms with E-state index in [9.17, 15) is 15.2 Å². The molecule has 0 amide bonds. The van der Waals surface area contributed by atoms with Gasteiger partial charge in [-0.1, -0.05) is 11.6 Å². The number of benzene rings is 1. The Morgan fingerprint density at radius 1 is 1.44 bits per heavy atom. The maximum absolute atomic E-state index is 10.6. The van der Waals surface area contributed by atoms with E-state index in [-0.39, 0.29) is 5.69 Å². The van der Waals surface area contributed by atoms with E-state index in [4.69, 9.17) is 11.6 Å². The van der Waals surface area contributed by atoms with Crippen molar-refractivity contribution in [1.29, 1.82) is 0 Å². The van der Waals surface area contributed by atoms with Gasteiger partial charge in [0, 0.05) is 25.2 Å². The fourth-order valence-electron chi connectivity index (χ4n) is 2.53. The second-order valence-corrected chi connectivity index (χ2v) is 5.53. The highest BCUT2D eigenvalue weighted by Gasteiger charge is 2.52. The van der Waals surface area contributed by atoms with Gasteiger partial charge in [0.1, 0.15) is 5.60 Å². The largest absolute Gasteiger partial charge is 0.386 e. The highest BCUT2D eigenvalue weighted by Crippen LogP contribution is 2.46. The summed E-state index contributed by atoms with van der Waals surface area (Å²) >= 11 is 6.04. The minimum atomic E-state index is -0.578. The van der Waals surface area contributed by atoms with Crippen LogP contribution in [0.4, 0.5) is 11.4 Å². The summed E-state index contributed by atoms with van der Waals surface area (Å²) in [6, 6.07) is 4.44. The molecule has 0 unspecified atom stereocenters. The Balaban J connectivity index is 1.76. The van der Waals surface area contributed by atoms with Gasteiger partial charge in [0.2, 0.25) is 0 Å². The molecule has 1 aliphatic heterocycles. The van der Waals surface area contributed by atoms with E-state index in [0.717, 1.165) is 18.5 Å². The van der Waals surface area contributed by atoms with Gasteiger partial charge in [-0.05, 0) is 24.8 Å². The van der Waals surface area contributed by atoms with Crippen LogP contribution >= 0.6 is 11.6 Å². The monoisotopic (exact) mass is 268 g/mol. The summed E-state index contributed by atoms with van der Waals surface area (Å²) in [5, 5.41) is 21.2. The van der Waals surface area contributed by atoms with Crippen molar-refractivity contribution in [2.45, 2.75) is 18.4 Å². The average Bonchev–Trinajstić information content (AvgIpc) is 3.09. The molecule has 5 nitrogen and oxygen atoms in total. The molecule has 1 aromatic rings. The van der Waals surface area contributed by atoms with Crippen molar-refractivity contribution in [3.05, 3.63) is 33.3 Å². The summed E-state index contributed by atoms with van der Waals surface area (Å²) in [6.07, 6.45) is 2.19. The molecule has 2 fully saturated rings. The Morgan fingerprint density at radius 2 is 2.11 bits per heavy atom. The van der Waals surface area contributed by atoms with Crippen molar-refractivity contribution < 1.29 is 10.0 Å². The lowest BCUT2D eigenvalue weighted by molar-refractivity contribution is -0.384. The number of halogens is 1. The van der Waals surface area contributed by atoms with E-state index in [2.05, 4.69) is 0 Å². The third-order valence-electron chi connectivity index (χ3n) is 3.75. The first-order chi connectivity index (χ1) is 8.49. The highest BCUT2D eigenvalue weighted by atomic mass is 35.5. The number of non-ortho nitro benzene ring substituents is 1. The van der Waals surface area contributed by atoms with Crippen molar-refractivity contribution in [1.82, 2.24) is 0 Å². The molecule has 0 bridgehead atoms. The van der Waals surface area contributed by atoms with E-state index in [1.54, 1.807) is 6.07 Å². The molecule has 2 aliphatic rings. The molecule has 96 valence electrons. The van der Waals surface area contributed by atoms with E-state index in [0.29, 0.717) is 24.0 Å². The standard InChI is InChI=1S/C12H13ClN2O3/c13-10-5-9(15(17)18)3-4-11(10)14-6-12(16,7-14)8-1-2-8/h3-5,8,16H,1-2,6-7H2. The van der Waals surface area contributed by atoms with Crippen molar-refractivity contribution >= 4 is 23.0 Å². The van der Waals surface area contributed by atoms with Crippen LogP contribution in [0.1, 0.15) is 12.8 Å². The molecule has 1 heterocycles. The lowest BCUT2D eigenvalue weighted by atomic mass is 9.88. The first-order valence-corrected chi connectivity index (χ1v) is 6.29. The number of anilines is 1. The fourth-order valence-corrected chi connectivity index (χ4v) is 2.82. The van der Waals surface area contributed by atoms with Crippen LogP contribution in [0, 0.1) is 16.0 Å². The van der Waals surface area contributed by atoms with Crippen LogP contribution in [0.3, 0.4) is 0 Å². The molecule has 0 radical (unpaired) electrons. The van der Waals surface area contributed by atoms with Gasteiger partial charge in [-0.15, -0.1) is 0 Å². The van der Waals surface area contributed by atoms with E-state index in [1.807, 2.05) is 4.90 Å². The van der Waals surface area contributed by atoms with Gasteiger partial charge >= 0.3 is 0 Å². The molecule has 18 heavy (non-hydrogen) atoms. The lowest BCUT2D eigenvalue weighted by Gasteiger charge is -2.48. The highest BCUT2D eigenvalue weighted by molar-refractivity contribution is 6.33. The Hall–Kier alpha value is -1.33. The average molecular weight is 269 g/mol. The van der Waals surface area contributed by atoms with Crippen LogP contribution in [0.15, 0.2) is 18.2 Å². The van der Waals surface area contributed by atoms with Crippen LogP contribution < -0.4 is 4.90 Å². The van der Waals surface area contributed by atoms with Crippen molar-refractivity contribution in [2.75, 3.05) is 18.0 Å². The minimum Gasteiger partial charge on any atom is -0.386 e. The maximum atomic E-state index is 10.6. The molecule has 3 rings (SSSR count). The van der Waals surface area contributed by atoms with Crippen molar-refractivity contribution in [3.8, 4) is 0 Å². The van der Waals surface area contributed by atoms with Crippen LogP contribution in [-0.2, 0) is 0 Å². The zero-order chi connectivity index (χ0) is 12.9. The lowest BCUT2D eigenvalue weighted by Crippen LogP contribution is -2.63. The SMILES string of the molecule is O=[N+]([O-])c1ccc(N2CC(O)(C3CC3)C2)c(Cl)c1. The third kappa shape index (κ3) is 1.83. The number of rotatable bonds is 3. The summed E-state index contributed by atoms with van der Waals surface area (Å²) in [5.74, 6) is 0.422. The molecule has 1 aromatic carbocycles. The topological polar surface area (TPSA) is 66.6 Å². The van der Waals surface area contributed by atoms with Gasteiger partial charge in [0.25, 0.3) is 5.69 Å². The maximum Gasteiger partial charge on any atom is 0.271 e. The number of nitrogens with zero attached hydrogens (tertiary/aromatic N) is 2. The molecule has 6 heteroatoms. The van der Waals surface area contributed by atoms with E-state index in [1.165, 1.54) is 12.1 Å². The summed E-state index contributed by atoms with van der Waals surface area (Å²) in [5.41, 5.74) is 0.166. The molecule has 0 aromatic heterocycles. The normalized spacial score (nSPS) is 21.6. The zero-order valence-electron chi connectivity index (χ0n) is 9.67. The number of hydrogen-bond acceptors (Lipinski definition) is 4. The Morgan fingerprint density at radius 3 is 2.61 bits per heavy atom. The van der Waals surface area contributed by atoms with Gasteiger partial charge in [-0.3, -0.25) is 10.1 Å². The quantitative estimate of drug-likeness (QED) is 0.674. The van der Waals surface area contributed by atoms with Gasteiger partial charge in [-0.25, -0.2) is 0 Å². The summed E-state index contributed by atoms with van der Waals surface area (Å²) in [4.78, 5) is 12.1. The number of aliphatic hydroxyl groups is 1. The molecular weight excluding hydrogens is 256 g/mol. The van der Waals surface area contributed by atoms with Crippen LogP contribution in [-0.4, -0.2) is 28.7 Å². The van der Waals surface area contributed by atoms with Gasteiger partial charge in [0.05, 0.1) is 15.6 Å². The first kappa shape index (κ1) is 11.7. The number of β-amino-alcohol motifs (C(OH)–C–C–N with tert-alkyl or cyclic N) is 1. The van der Waals surface area contributed by atoms with E-state index >= 15 is 0 Å². The Labute approximate surface area is 109 Å². The van der Waals surface area contributed by atoms with Crippen molar-refractivity contribution in [2.24, 2.45) is 5.92 Å². The summed E-state index contributed by atoms with van der Waals surface area (Å²) < 4.78 is 0. The van der Waals surface area contributed by atoms with Crippen LogP contribution in [0.5, 0.6) is 0 Å². The predicted molar refractivity (Wildman–Crippen MR) is 68.0 cm³/mol. The molecule has 1 saturated heterocycles. The van der Waals surface area contributed by atoms with E-state index < -0.39 is 10.5 Å². The molecule has 1 aliphatic carbocycles. The molecule has 0 atom stereocenters. The zero-order valence-corrected chi connectivity index (χ0v) is 10.4. The Bertz CT molecular complexity index is 510. The second kappa shape index (κ2) is 3.83. The smallest absolute Gasteiger partial charge is 0.271 e. The number of hydrogen-bond donors (Lipinski definition) is 1. The molecule has 0 spiro atoms. The summed E-state index contributed by atoms with van der Waals surface area (Å²) in [6.45, 7) is 1.13. The molecule has 1 N–H and O–H groups in total. The van der Waals surface area contributed by atoms with Crippen LogP contribution in [0.2, 0.25) is 5.02 Å². The molecular formula is C12H13ClN2O3. The summed E-state index contributed by atoms with van der Waals surface area (Å²) in [7, 11) is 0. The minimum absolute atomic E-state index is 0.0123. The van der Waals surface area contributed by atoms with Crippen molar-refractivity contribution in [3.63, 3.8) is 0 Å². The van der Waals surface area contributed by atoms with Gasteiger partial charge in [0.15, 0.2) is 0 Å². The second-order valence-electron chi connectivity index (χ2n) is 5.13. The number of nitro benzene ring substituents is 1. The fraction of sp³-hybridized carbons (Fsp3) is 0.500. The van der Waals surface area contributed by atoms with Gasteiger partial charge in [-0.2, -0.15) is 0 Å². The first-order valence-electron chi connectivity index (χ1n) is 5.91. The Kier molecular flexibility index (Phi) is 2.50. The third-order valence-corrected chi connectivity index (χ3v) is 4.05. The number of nitro groups is 1.